The summed E-state index contributed by atoms with van der Waals surface area (Å²) in [6.45, 7) is 8.84. The van der Waals surface area contributed by atoms with Crippen LogP contribution in [0.3, 0.4) is 0 Å². The van der Waals surface area contributed by atoms with E-state index < -0.39 is 17.9 Å². The molecule has 1 aliphatic rings. The number of allylic oxidation sites excluding steroid dienone is 2. The molecule has 1 atom stereocenters. The van der Waals surface area contributed by atoms with Crippen LogP contribution in [0.15, 0.2) is 52.9 Å². The van der Waals surface area contributed by atoms with E-state index in [-0.39, 0.29) is 0 Å². The molecule has 0 spiro atoms. The number of carbonyl (C=O) groups is 2. The number of hydrogen-bond acceptors (Lipinski definition) is 6. The third-order valence-electron chi connectivity index (χ3n) is 6.20. The molecule has 1 N–H and O–H groups in total. The number of hydrogen-bond donors (Lipinski definition) is 1. The summed E-state index contributed by atoms with van der Waals surface area (Å²) in [5.41, 5.74) is 4.84. The Balaban J connectivity index is 1.63. The Morgan fingerprint density at radius 2 is 1.66 bits per heavy atom. The zero-order valence-corrected chi connectivity index (χ0v) is 21.9. The maximum Gasteiger partial charge on any atom is 0.336 e. The average Bonchev–Trinajstić information content (AvgIpc) is 3.14. The molecule has 0 saturated heterocycles. The fourth-order valence-electron chi connectivity index (χ4n) is 4.53. The summed E-state index contributed by atoms with van der Waals surface area (Å²) in [7, 11) is 1.32. The van der Waals surface area contributed by atoms with Gasteiger partial charge in [0.25, 0.3) is 0 Å². The van der Waals surface area contributed by atoms with Crippen molar-refractivity contribution >= 4 is 23.5 Å². The number of benzene rings is 1. The van der Waals surface area contributed by atoms with Crippen molar-refractivity contribution in [1.29, 1.82) is 0 Å². The summed E-state index contributed by atoms with van der Waals surface area (Å²) >= 11 is 6.49. The highest BCUT2D eigenvalue weighted by Gasteiger charge is 2.38. The molecule has 0 bridgehead atoms. The van der Waals surface area contributed by atoms with Crippen molar-refractivity contribution in [2.45, 2.75) is 65.8 Å². The Morgan fingerprint density at radius 3 is 2.29 bits per heavy atom. The number of dihydropyridines is 1. The van der Waals surface area contributed by atoms with Crippen molar-refractivity contribution < 1.29 is 19.1 Å². The fraction of sp³-hybridized carbons (Fsp3) is 0.444. The van der Waals surface area contributed by atoms with Gasteiger partial charge in [-0.25, -0.2) is 9.59 Å². The number of ether oxygens (including phenoxy) is 2. The lowest BCUT2D eigenvalue weighted by Gasteiger charge is -2.30. The third-order valence-corrected chi connectivity index (χ3v) is 6.55. The maximum absolute atomic E-state index is 13.2. The molecule has 0 amide bonds. The number of methoxy groups -OCH3 is 1. The van der Waals surface area contributed by atoms with E-state index in [0.29, 0.717) is 39.7 Å². The predicted octanol–water partition coefficient (Wildman–Crippen LogP) is 5.36. The normalized spacial score (nSPS) is 15.8. The quantitative estimate of drug-likeness (QED) is 0.350. The Hall–Kier alpha value is -3.06. The third kappa shape index (κ3) is 6.34. The Bertz CT molecular complexity index is 1150. The highest BCUT2D eigenvalue weighted by Crippen LogP contribution is 2.41. The minimum Gasteiger partial charge on any atom is -0.466 e. The molecule has 2 heterocycles. The first-order valence-corrected chi connectivity index (χ1v) is 12.3. The second kappa shape index (κ2) is 12.1. The zero-order chi connectivity index (χ0) is 25.5. The van der Waals surface area contributed by atoms with Crippen molar-refractivity contribution in [1.82, 2.24) is 15.1 Å². The molecule has 35 heavy (non-hydrogen) atoms. The number of unbranched alkanes of at least 4 members (excludes halogenated alkanes) is 3. The first-order valence-electron chi connectivity index (χ1n) is 11.9. The van der Waals surface area contributed by atoms with Crippen molar-refractivity contribution in [3.8, 4) is 0 Å². The molecule has 1 unspecified atom stereocenters. The Kier molecular flexibility index (Phi) is 9.15. The van der Waals surface area contributed by atoms with Gasteiger partial charge in [-0.3, -0.25) is 4.68 Å². The van der Waals surface area contributed by atoms with E-state index >= 15 is 0 Å². The Morgan fingerprint density at radius 1 is 1.00 bits per heavy atom. The molecule has 0 aliphatic carbocycles. The molecular formula is C27H34ClN3O4. The van der Waals surface area contributed by atoms with Crippen molar-refractivity contribution in [2.75, 3.05) is 13.7 Å². The number of halogens is 1. The lowest BCUT2D eigenvalue weighted by atomic mass is 9.80. The van der Waals surface area contributed by atoms with Crippen molar-refractivity contribution in [2.24, 2.45) is 0 Å². The molecule has 1 aromatic carbocycles. The second-order valence-corrected chi connectivity index (χ2v) is 9.26. The number of carbonyl (C=O) groups excluding carboxylic acids is 2. The van der Waals surface area contributed by atoms with E-state index in [0.717, 1.165) is 37.9 Å². The number of nitrogens with one attached hydrogen (secondary N) is 1. The van der Waals surface area contributed by atoms with E-state index in [2.05, 4.69) is 23.4 Å². The van der Waals surface area contributed by atoms with Crippen LogP contribution in [0.4, 0.5) is 0 Å². The van der Waals surface area contributed by atoms with Crippen LogP contribution in [0.25, 0.3) is 0 Å². The molecule has 3 rings (SSSR count). The molecule has 0 fully saturated rings. The highest BCUT2D eigenvalue weighted by molar-refractivity contribution is 6.31. The van der Waals surface area contributed by atoms with E-state index in [1.165, 1.54) is 12.8 Å². The number of rotatable bonds is 10. The summed E-state index contributed by atoms with van der Waals surface area (Å²) in [5, 5.41) is 8.09. The van der Waals surface area contributed by atoms with Crippen LogP contribution in [0, 0.1) is 13.8 Å². The molecule has 188 valence electrons. The maximum atomic E-state index is 13.2. The van der Waals surface area contributed by atoms with Crippen molar-refractivity contribution in [3.05, 3.63) is 74.8 Å². The van der Waals surface area contributed by atoms with Gasteiger partial charge in [0.15, 0.2) is 0 Å². The van der Waals surface area contributed by atoms with E-state index in [1.807, 2.05) is 29.8 Å². The van der Waals surface area contributed by atoms with E-state index in [4.69, 9.17) is 21.1 Å². The number of nitrogens with zero attached hydrogens (tertiary/aromatic N) is 2. The molecule has 1 aromatic heterocycles. The van der Waals surface area contributed by atoms with Gasteiger partial charge >= 0.3 is 11.9 Å². The summed E-state index contributed by atoms with van der Waals surface area (Å²) in [5.74, 6) is -1.65. The number of aromatic nitrogens is 2. The standard InChI is InChI=1S/C27H34ClN3O4/c1-17-16-18(2)31(30-17)14-10-6-7-11-15-35-27(33)24-20(4)29-19(3)23(26(32)34-5)25(24)21-12-8-9-13-22(21)28/h8-9,12-13,16,25,29H,6-7,10-11,14-15H2,1-5H3. The van der Waals surface area contributed by atoms with Crippen LogP contribution in [-0.2, 0) is 25.6 Å². The minimum atomic E-state index is -0.675. The highest BCUT2D eigenvalue weighted by atomic mass is 35.5. The van der Waals surface area contributed by atoms with Crippen LogP contribution in [0.1, 0.15) is 62.4 Å². The number of aryl methyl sites for hydroxylation is 3. The predicted molar refractivity (Wildman–Crippen MR) is 136 cm³/mol. The van der Waals surface area contributed by atoms with Crippen LogP contribution in [0.5, 0.6) is 0 Å². The van der Waals surface area contributed by atoms with Gasteiger partial charge in [-0.1, -0.05) is 36.2 Å². The van der Waals surface area contributed by atoms with Gasteiger partial charge in [0.05, 0.1) is 36.5 Å². The van der Waals surface area contributed by atoms with Crippen LogP contribution in [0.2, 0.25) is 5.02 Å². The van der Waals surface area contributed by atoms with Gasteiger partial charge in [-0.05, 0) is 64.7 Å². The van der Waals surface area contributed by atoms with Gasteiger partial charge in [0, 0.05) is 28.7 Å². The summed E-state index contributed by atoms with van der Waals surface area (Å²) < 4.78 is 12.7. The lowest BCUT2D eigenvalue weighted by Crippen LogP contribution is -2.32. The topological polar surface area (TPSA) is 82.5 Å². The van der Waals surface area contributed by atoms with Gasteiger partial charge in [-0.15, -0.1) is 0 Å². The fourth-order valence-corrected chi connectivity index (χ4v) is 4.77. The van der Waals surface area contributed by atoms with Gasteiger partial charge in [0.1, 0.15) is 0 Å². The van der Waals surface area contributed by atoms with Crippen molar-refractivity contribution in [3.63, 3.8) is 0 Å². The first-order chi connectivity index (χ1) is 16.7. The molecule has 0 saturated carbocycles. The monoisotopic (exact) mass is 499 g/mol. The van der Waals surface area contributed by atoms with E-state index in [9.17, 15) is 9.59 Å². The smallest absolute Gasteiger partial charge is 0.336 e. The van der Waals surface area contributed by atoms with Crippen LogP contribution >= 0.6 is 11.6 Å². The van der Waals surface area contributed by atoms with Gasteiger partial charge < -0.3 is 14.8 Å². The SMILES string of the molecule is COC(=O)C1=C(C)NC(C)=C(C(=O)OCCCCCCn2nc(C)cc2C)C1c1ccccc1Cl. The molecule has 7 nitrogen and oxygen atoms in total. The van der Waals surface area contributed by atoms with Gasteiger partial charge in [0.2, 0.25) is 0 Å². The van der Waals surface area contributed by atoms with E-state index in [1.54, 1.807) is 19.9 Å². The zero-order valence-electron chi connectivity index (χ0n) is 21.1. The summed E-state index contributed by atoms with van der Waals surface area (Å²) in [6.07, 6.45) is 3.75. The summed E-state index contributed by atoms with van der Waals surface area (Å²) in [6, 6.07) is 9.28. The first kappa shape index (κ1) is 26.5. The summed E-state index contributed by atoms with van der Waals surface area (Å²) in [4.78, 5) is 25.9. The molecular weight excluding hydrogens is 466 g/mol. The molecule has 8 heteroatoms. The van der Waals surface area contributed by atoms with Gasteiger partial charge in [-0.2, -0.15) is 5.10 Å². The molecule has 2 aromatic rings. The van der Waals surface area contributed by atoms with Crippen LogP contribution < -0.4 is 5.32 Å². The average molecular weight is 500 g/mol. The molecule has 1 aliphatic heterocycles. The van der Waals surface area contributed by atoms with Crippen LogP contribution in [-0.4, -0.2) is 35.4 Å². The number of esters is 2. The molecule has 0 radical (unpaired) electrons. The largest absolute Gasteiger partial charge is 0.466 e. The lowest BCUT2D eigenvalue weighted by molar-refractivity contribution is -0.139. The minimum absolute atomic E-state index is 0.307. The second-order valence-electron chi connectivity index (χ2n) is 8.85. The Labute approximate surface area is 212 Å².